The number of hydrogen-bond donors (Lipinski definition) is 7. The molecule has 0 bridgehead atoms. The highest BCUT2D eigenvalue weighted by Gasteiger charge is 2.48. The first kappa shape index (κ1) is 57.6. The lowest BCUT2D eigenvalue weighted by Gasteiger charge is -2.41. The summed E-state index contributed by atoms with van der Waals surface area (Å²) in [6.45, 7) is 3.21. The van der Waals surface area contributed by atoms with Crippen molar-refractivity contribution in [1.29, 1.82) is 0 Å². The molecule has 1 saturated heterocycles. The molecule has 1 rings (SSSR count). The first-order valence-electron chi connectivity index (χ1n) is 24.3. The van der Waals surface area contributed by atoms with Crippen LogP contribution in [0.15, 0.2) is 24.3 Å². The van der Waals surface area contributed by atoms with Gasteiger partial charge in [-0.3, -0.25) is 9.35 Å². The largest absolute Gasteiger partial charge is 0.397 e. The molecule has 7 N–H and O–H groups in total. The third kappa shape index (κ3) is 30.3. The van der Waals surface area contributed by atoms with E-state index in [1.807, 2.05) is 0 Å². The number of carbonyl (C=O) groups excluding carboxylic acids is 1. The average molecular weight is 892 g/mol. The maximum absolute atomic E-state index is 13.1. The lowest BCUT2D eigenvalue weighted by molar-refractivity contribution is -0.298. The standard InChI is InChI=1S/C47H89NO12S/c1-3-5-7-9-11-13-15-17-18-19-20-21-22-24-25-27-29-31-33-35-40(50)39(38-58-47-44(53)45(60-61(55,56)57)43(52)42(37-49)59-47)48-46(54)41(51)36-34-32-30-28-26-23-16-14-12-10-8-6-4-2/h25,27,33,35,39-45,47,49-53H,3-24,26,28-32,34,36-38H2,1-2H3,(H,48,54)(H,55,56,57)/b27-25+,35-33+. The molecular formula is C47H89NO12S. The summed E-state index contributed by atoms with van der Waals surface area (Å²) in [5.74, 6) is -0.711. The molecule has 61 heavy (non-hydrogen) atoms. The fourth-order valence-corrected chi connectivity index (χ4v) is 8.22. The molecule has 360 valence electrons. The van der Waals surface area contributed by atoms with E-state index in [-0.39, 0.29) is 6.42 Å². The summed E-state index contributed by atoms with van der Waals surface area (Å²) in [7, 11) is -5.12. The Hall–Kier alpha value is -1.46. The summed E-state index contributed by atoms with van der Waals surface area (Å²) in [5, 5.41) is 55.2. The van der Waals surface area contributed by atoms with Gasteiger partial charge in [-0.05, 0) is 32.1 Å². The number of rotatable bonds is 41. The van der Waals surface area contributed by atoms with Crippen molar-refractivity contribution in [3.05, 3.63) is 24.3 Å². The average Bonchev–Trinajstić information content (AvgIpc) is 3.23. The molecule has 0 aromatic carbocycles. The van der Waals surface area contributed by atoms with Crippen molar-refractivity contribution in [2.24, 2.45) is 0 Å². The fourth-order valence-electron chi connectivity index (χ4n) is 7.71. The molecule has 8 unspecified atom stereocenters. The van der Waals surface area contributed by atoms with Gasteiger partial charge in [0.15, 0.2) is 6.29 Å². The zero-order chi connectivity index (χ0) is 45.0. The van der Waals surface area contributed by atoms with Crippen LogP contribution >= 0.6 is 0 Å². The third-order valence-electron chi connectivity index (χ3n) is 11.6. The summed E-state index contributed by atoms with van der Waals surface area (Å²) in [5.41, 5.74) is 0. The molecule has 0 radical (unpaired) electrons. The van der Waals surface area contributed by atoms with E-state index in [2.05, 4.69) is 35.5 Å². The van der Waals surface area contributed by atoms with E-state index < -0.39 is 78.5 Å². The third-order valence-corrected chi connectivity index (χ3v) is 12.1. The molecule has 14 heteroatoms. The summed E-state index contributed by atoms with van der Waals surface area (Å²) >= 11 is 0. The Bertz CT molecular complexity index is 1200. The molecular weight excluding hydrogens is 803 g/mol. The van der Waals surface area contributed by atoms with E-state index in [0.29, 0.717) is 12.8 Å². The van der Waals surface area contributed by atoms with Gasteiger partial charge >= 0.3 is 10.4 Å². The second kappa shape index (κ2) is 37.9. The van der Waals surface area contributed by atoms with Crippen LogP contribution in [0, 0.1) is 0 Å². The van der Waals surface area contributed by atoms with Gasteiger partial charge < -0.3 is 40.3 Å². The molecule has 1 heterocycles. The van der Waals surface area contributed by atoms with E-state index >= 15 is 0 Å². The van der Waals surface area contributed by atoms with Gasteiger partial charge in [-0.2, -0.15) is 8.42 Å². The van der Waals surface area contributed by atoms with Gasteiger partial charge in [0.25, 0.3) is 0 Å². The van der Waals surface area contributed by atoms with Crippen molar-refractivity contribution in [3.8, 4) is 0 Å². The normalized spacial score (nSPS) is 21.3. The molecule has 1 aliphatic rings. The second-order valence-electron chi connectivity index (χ2n) is 17.2. The molecule has 1 aliphatic heterocycles. The van der Waals surface area contributed by atoms with Crippen LogP contribution in [0.5, 0.6) is 0 Å². The van der Waals surface area contributed by atoms with Gasteiger partial charge in [0.2, 0.25) is 5.91 Å². The molecule has 0 aromatic rings. The van der Waals surface area contributed by atoms with Gasteiger partial charge in [-0.1, -0.05) is 199 Å². The Kier molecular flexibility index (Phi) is 35.7. The highest BCUT2D eigenvalue weighted by Crippen LogP contribution is 2.26. The summed E-state index contributed by atoms with van der Waals surface area (Å²) in [6, 6.07) is -1.13. The summed E-state index contributed by atoms with van der Waals surface area (Å²) < 4.78 is 47.5. The Morgan fingerprint density at radius 3 is 1.57 bits per heavy atom. The van der Waals surface area contributed by atoms with Gasteiger partial charge in [-0.25, -0.2) is 4.18 Å². The minimum Gasteiger partial charge on any atom is -0.394 e. The molecule has 0 aromatic heterocycles. The highest BCUT2D eigenvalue weighted by molar-refractivity contribution is 7.80. The number of carbonyl (C=O) groups is 1. The number of allylic oxidation sites excluding steroid dienone is 3. The van der Waals surface area contributed by atoms with Crippen molar-refractivity contribution in [1.82, 2.24) is 5.32 Å². The lowest BCUT2D eigenvalue weighted by Crippen LogP contribution is -2.61. The minimum absolute atomic E-state index is 0.240. The fraction of sp³-hybridized carbons (Fsp3) is 0.894. The van der Waals surface area contributed by atoms with Crippen molar-refractivity contribution < 1.29 is 57.0 Å². The molecule has 1 amide bonds. The van der Waals surface area contributed by atoms with Crippen molar-refractivity contribution in [2.45, 2.75) is 255 Å². The van der Waals surface area contributed by atoms with Gasteiger partial charge in [-0.15, -0.1) is 0 Å². The van der Waals surface area contributed by atoms with Crippen LogP contribution in [-0.4, -0.2) is 107 Å². The van der Waals surface area contributed by atoms with Crippen LogP contribution in [0.1, 0.15) is 206 Å². The quantitative estimate of drug-likeness (QED) is 0.0175. The Labute approximate surface area is 370 Å². The highest BCUT2D eigenvalue weighted by atomic mass is 32.3. The maximum Gasteiger partial charge on any atom is 0.397 e. The smallest absolute Gasteiger partial charge is 0.394 e. The zero-order valence-corrected chi connectivity index (χ0v) is 38.9. The predicted octanol–water partition coefficient (Wildman–Crippen LogP) is 8.69. The summed E-state index contributed by atoms with van der Waals surface area (Å²) in [4.78, 5) is 13.1. The molecule has 1 fully saturated rings. The van der Waals surface area contributed by atoms with Crippen LogP contribution < -0.4 is 5.32 Å². The van der Waals surface area contributed by atoms with E-state index in [0.717, 1.165) is 38.5 Å². The monoisotopic (exact) mass is 892 g/mol. The van der Waals surface area contributed by atoms with Crippen molar-refractivity contribution in [2.75, 3.05) is 13.2 Å². The number of amides is 1. The van der Waals surface area contributed by atoms with Crippen LogP contribution in [0.2, 0.25) is 0 Å². The van der Waals surface area contributed by atoms with Crippen molar-refractivity contribution >= 4 is 16.3 Å². The number of ether oxygens (including phenoxy) is 2. The van der Waals surface area contributed by atoms with Crippen LogP contribution in [0.25, 0.3) is 0 Å². The Morgan fingerprint density at radius 2 is 1.10 bits per heavy atom. The van der Waals surface area contributed by atoms with Gasteiger partial charge in [0, 0.05) is 0 Å². The number of unbranched alkanes of at least 4 members (excludes halogenated alkanes) is 26. The lowest BCUT2D eigenvalue weighted by atomic mass is 9.99. The van der Waals surface area contributed by atoms with Crippen LogP contribution in [0.4, 0.5) is 0 Å². The number of aliphatic hydroxyl groups excluding tert-OH is 5. The van der Waals surface area contributed by atoms with Crippen LogP contribution in [-0.2, 0) is 28.9 Å². The topological polar surface area (TPSA) is 212 Å². The molecule has 0 saturated carbocycles. The Morgan fingerprint density at radius 1 is 0.656 bits per heavy atom. The molecule has 0 aliphatic carbocycles. The van der Waals surface area contributed by atoms with Crippen LogP contribution in [0.3, 0.4) is 0 Å². The predicted molar refractivity (Wildman–Crippen MR) is 242 cm³/mol. The van der Waals surface area contributed by atoms with Crippen molar-refractivity contribution in [3.63, 3.8) is 0 Å². The van der Waals surface area contributed by atoms with E-state index in [4.69, 9.17) is 9.47 Å². The van der Waals surface area contributed by atoms with E-state index in [1.165, 1.54) is 141 Å². The minimum atomic E-state index is -5.12. The van der Waals surface area contributed by atoms with E-state index in [9.17, 15) is 43.3 Å². The molecule has 8 atom stereocenters. The first-order valence-corrected chi connectivity index (χ1v) is 25.7. The number of hydrogen-bond acceptors (Lipinski definition) is 11. The second-order valence-corrected chi connectivity index (χ2v) is 18.2. The first-order chi connectivity index (χ1) is 29.4. The number of nitrogens with one attached hydrogen (secondary N) is 1. The van der Waals surface area contributed by atoms with Gasteiger partial charge in [0.1, 0.15) is 30.5 Å². The number of aliphatic hydroxyl groups is 5. The molecule has 13 nitrogen and oxygen atoms in total. The maximum atomic E-state index is 13.1. The molecule has 0 spiro atoms. The SMILES string of the molecule is CCCCCCCCCCCCCCC/C=C/CC/C=C/C(O)C(COC1OC(CO)C(O)C(OS(=O)(=O)O)C1O)NC(=O)C(O)CCCCCCCCCCCCCCC. The Balaban J connectivity index is 2.58. The summed E-state index contributed by atoms with van der Waals surface area (Å²) in [6.07, 6.45) is 31.2. The van der Waals surface area contributed by atoms with E-state index in [1.54, 1.807) is 6.08 Å². The zero-order valence-electron chi connectivity index (χ0n) is 38.1. The van der Waals surface area contributed by atoms with Gasteiger partial charge in [0.05, 0.1) is 25.4 Å².